The molecule has 0 saturated carbocycles. The highest BCUT2D eigenvalue weighted by Crippen LogP contribution is 2.48. The van der Waals surface area contributed by atoms with Crippen LogP contribution in [0.2, 0.25) is 0 Å². The average Bonchev–Trinajstić information content (AvgIpc) is 3.22. The van der Waals surface area contributed by atoms with Crippen molar-refractivity contribution in [2.24, 2.45) is 0 Å². The molecule has 0 amide bonds. The quantitative estimate of drug-likeness (QED) is 0.287. The Bertz CT molecular complexity index is 1370. The van der Waals surface area contributed by atoms with Gasteiger partial charge in [-0.15, -0.1) is 0 Å². The van der Waals surface area contributed by atoms with E-state index in [2.05, 4.69) is 131 Å². The van der Waals surface area contributed by atoms with Crippen LogP contribution < -0.4 is 9.80 Å². The molecule has 0 fully saturated rings. The fraction of sp³-hybridized carbons (Fsp3) is 0.303. The highest BCUT2D eigenvalue weighted by atomic mass is 15.4. The molecule has 1 aliphatic rings. The molecule has 1 aliphatic heterocycles. The van der Waals surface area contributed by atoms with E-state index in [0.717, 1.165) is 18.1 Å². The van der Waals surface area contributed by atoms with Crippen LogP contribution in [0.3, 0.4) is 0 Å². The molecule has 36 heavy (non-hydrogen) atoms. The molecule has 5 rings (SSSR count). The van der Waals surface area contributed by atoms with Crippen molar-refractivity contribution in [3.63, 3.8) is 0 Å². The molecule has 184 valence electrons. The van der Waals surface area contributed by atoms with E-state index >= 15 is 0 Å². The van der Waals surface area contributed by atoms with E-state index in [1.807, 2.05) is 0 Å². The van der Waals surface area contributed by atoms with Crippen molar-refractivity contribution in [3.8, 4) is 11.3 Å². The molecule has 0 saturated heterocycles. The van der Waals surface area contributed by atoms with Gasteiger partial charge in [0.15, 0.2) is 0 Å². The molecular formula is C33H37N3. The van der Waals surface area contributed by atoms with Crippen LogP contribution in [0.5, 0.6) is 0 Å². The molecule has 0 atom stereocenters. The van der Waals surface area contributed by atoms with Gasteiger partial charge in [0.05, 0.1) is 29.0 Å². The summed E-state index contributed by atoms with van der Waals surface area (Å²) in [5, 5.41) is 0. The Morgan fingerprint density at radius 2 is 1.19 bits per heavy atom. The Balaban J connectivity index is 1.61. The molecule has 3 aromatic carbocycles. The predicted molar refractivity (Wildman–Crippen MR) is 154 cm³/mol. The van der Waals surface area contributed by atoms with Gasteiger partial charge in [-0.1, -0.05) is 76.2 Å². The fourth-order valence-electron chi connectivity index (χ4n) is 5.62. The second kappa shape index (κ2) is 9.46. The maximum absolute atomic E-state index is 4.98. The predicted octanol–water partition coefficient (Wildman–Crippen LogP) is 9.17. The van der Waals surface area contributed by atoms with Gasteiger partial charge in [0.25, 0.3) is 0 Å². The van der Waals surface area contributed by atoms with Crippen LogP contribution in [-0.4, -0.2) is 11.7 Å². The second-order valence-corrected chi connectivity index (χ2v) is 10.7. The molecule has 0 radical (unpaired) electrons. The summed E-state index contributed by atoms with van der Waals surface area (Å²) in [5.74, 6) is 0.889. The lowest BCUT2D eigenvalue weighted by Gasteiger charge is -2.29. The van der Waals surface area contributed by atoms with E-state index in [1.54, 1.807) is 0 Å². The van der Waals surface area contributed by atoms with Crippen LogP contribution >= 0.6 is 0 Å². The number of para-hydroxylation sites is 3. The van der Waals surface area contributed by atoms with E-state index < -0.39 is 0 Å². The minimum atomic E-state index is 0.444. The van der Waals surface area contributed by atoms with Crippen molar-refractivity contribution in [1.29, 1.82) is 0 Å². The number of anilines is 4. The number of rotatable bonds is 5. The van der Waals surface area contributed by atoms with Gasteiger partial charge in [0.1, 0.15) is 6.67 Å². The number of nitrogens with zero attached hydrogens (tertiary/aromatic N) is 3. The topological polar surface area (TPSA) is 19.4 Å². The van der Waals surface area contributed by atoms with Crippen molar-refractivity contribution in [2.45, 2.75) is 60.3 Å². The first-order valence-corrected chi connectivity index (χ1v) is 13.1. The first kappa shape index (κ1) is 24.1. The fourth-order valence-corrected chi connectivity index (χ4v) is 5.62. The summed E-state index contributed by atoms with van der Waals surface area (Å²) in [7, 11) is 0. The number of pyridine rings is 1. The van der Waals surface area contributed by atoms with Gasteiger partial charge in [0, 0.05) is 11.3 Å². The first-order valence-electron chi connectivity index (χ1n) is 13.1. The third kappa shape index (κ3) is 4.07. The van der Waals surface area contributed by atoms with Gasteiger partial charge in [-0.25, -0.2) is 0 Å². The van der Waals surface area contributed by atoms with Gasteiger partial charge < -0.3 is 9.80 Å². The molecule has 0 unspecified atom stereocenters. The van der Waals surface area contributed by atoms with Gasteiger partial charge in [-0.2, -0.15) is 0 Å². The molecule has 3 heteroatoms. The number of fused-ring (bicyclic) bond motifs is 1. The average molecular weight is 476 g/mol. The molecule has 2 heterocycles. The highest BCUT2D eigenvalue weighted by Gasteiger charge is 2.32. The zero-order valence-electron chi connectivity index (χ0n) is 22.6. The summed E-state index contributed by atoms with van der Waals surface area (Å²) in [6, 6.07) is 24.3. The van der Waals surface area contributed by atoms with E-state index in [4.69, 9.17) is 4.98 Å². The summed E-state index contributed by atoms with van der Waals surface area (Å²) in [5.41, 5.74) is 13.9. The van der Waals surface area contributed by atoms with E-state index in [-0.39, 0.29) is 0 Å². The lowest BCUT2D eigenvalue weighted by molar-refractivity contribution is 0.818. The largest absolute Gasteiger partial charge is 0.320 e. The molecule has 0 spiro atoms. The standard InChI is InChI=1S/C33H37N3/c1-21(2)26-14-11-15-27(22(3)4)33(26)36-20-35(29-16-8-9-17-30(29)36)31-19-34-28(18-25(31)7)32-23(5)12-10-13-24(32)6/h8-19,21-22H,20H2,1-7H3. The summed E-state index contributed by atoms with van der Waals surface area (Å²) in [6.07, 6.45) is 2.06. The summed E-state index contributed by atoms with van der Waals surface area (Å²) >= 11 is 0. The Hall–Kier alpha value is -3.59. The third-order valence-electron chi connectivity index (χ3n) is 7.47. The van der Waals surface area contributed by atoms with Gasteiger partial charge in [0.2, 0.25) is 0 Å². The zero-order valence-corrected chi connectivity index (χ0v) is 22.6. The Morgan fingerprint density at radius 3 is 1.75 bits per heavy atom. The Labute approximate surface area is 216 Å². The van der Waals surface area contributed by atoms with E-state index in [9.17, 15) is 0 Å². The molecule has 0 aliphatic carbocycles. The van der Waals surface area contributed by atoms with Gasteiger partial charge >= 0.3 is 0 Å². The van der Waals surface area contributed by atoms with Crippen molar-refractivity contribution in [3.05, 3.63) is 101 Å². The van der Waals surface area contributed by atoms with Crippen molar-refractivity contribution >= 4 is 22.7 Å². The number of hydrogen-bond donors (Lipinski definition) is 0. The molecular weight excluding hydrogens is 438 g/mol. The third-order valence-corrected chi connectivity index (χ3v) is 7.47. The Kier molecular flexibility index (Phi) is 6.34. The maximum Gasteiger partial charge on any atom is 0.100 e. The molecule has 0 bridgehead atoms. The molecule has 4 aromatic rings. The van der Waals surface area contributed by atoms with Crippen LogP contribution in [-0.2, 0) is 0 Å². The second-order valence-electron chi connectivity index (χ2n) is 10.7. The van der Waals surface area contributed by atoms with Crippen molar-refractivity contribution in [2.75, 3.05) is 16.5 Å². The molecule has 0 N–H and O–H groups in total. The Morgan fingerprint density at radius 1 is 0.639 bits per heavy atom. The normalized spacial score (nSPS) is 13.1. The number of benzene rings is 3. The zero-order chi connectivity index (χ0) is 25.6. The monoisotopic (exact) mass is 475 g/mol. The lowest BCUT2D eigenvalue weighted by Crippen LogP contribution is -2.26. The van der Waals surface area contributed by atoms with Crippen molar-refractivity contribution in [1.82, 2.24) is 4.98 Å². The van der Waals surface area contributed by atoms with E-state index in [0.29, 0.717) is 11.8 Å². The number of hydrogen-bond acceptors (Lipinski definition) is 3. The first-order chi connectivity index (χ1) is 17.3. The van der Waals surface area contributed by atoms with Crippen LogP contribution in [0.25, 0.3) is 11.3 Å². The van der Waals surface area contributed by atoms with Crippen LogP contribution in [0.15, 0.2) is 72.9 Å². The molecule has 3 nitrogen and oxygen atoms in total. The van der Waals surface area contributed by atoms with Crippen molar-refractivity contribution < 1.29 is 0 Å². The van der Waals surface area contributed by atoms with Crippen LogP contribution in [0.4, 0.5) is 22.7 Å². The number of aryl methyl sites for hydroxylation is 3. The van der Waals surface area contributed by atoms with E-state index in [1.165, 1.54) is 50.4 Å². The molecule has 1 aromatic heterocycles. The van der Waals surface area contributed by atoms with Crippen LogP contribution in [0.1, 0.15) is 67.3 Å². The summed E-state index contributed by atoms with van der Waals surface area (Å²) < 4.78 is 0. The van der Waals surface area contributed by atoms with Gasteiger partial charge in [-0.3, -0.25) is 4.98 Å². The SMILES string of the molecule is Cc1cc(-c2c(C)cccc2C)ncc1N1CN(c2c(C(C)C)cccc2C(C)C)c2ccccc21. The maximum atomic E-state index is 4.98. The minimum Gasteiger partial charge on any atom is -0.320 e. The smallest absolute Gasteiger partial charge is 0.100 e. The lowest BCUT2D eigenvalue weighted by atomic mass is 9.92. The minimum absolute atomic E-state index is 0.444. The van der Waals surface area contributed by atoms with Crippen LogP contribution in [0, 0.1) is 20.8 Å². The highest BCUT2D eigenvalue weighted by molar-refractivity contribution is 5.89. The summed E-state index contributed by atoms with van der Waals surface area (Å²) in [4.78, 5) is 9.91. The number of aromatic nitrogens is 1. The summed E-state index contributed by atoms with van der Waals surface area (Å²) in [6.45, 7) is 16.5. The van der Waals surface area contributed by atoms with Gasteiger partial charge in [-0.05, 0) is 78.6 Å².